The van der Waals surface area contributed by atoms with Crippen LogP contribution in [0.25, 0.3) is 0 Å². The van der Waals surface area contributed by atoms with Gasteiger partial charge in [-0.05, 0) is 12.8 Å². The van der Waals surface area contributed by atoms with Crippen molar-refractivity contribution in [2.24, 2.45) is 5.92 Å². The van der Waals surface area contributed by atoms with Crippen molar-refractivity contribution < 1.29 is 9.47 Å². The second kappa shape index (κ2) is 8.11. The highest BCUT2D eigenvalue weighted by molar-refractivity contribution is 5.28. The van der Waals surface area contributed by atoms with E-state index in [1.807, 2.05) is 13.1 Å². The third-order valence-electron chi connectivity index (χ3n) is 2.47. The van der Waals surface area contributed by atoms with Crippen LogP contribution in [-0.4, -0.2) is 43.0 Å². The predicted molar refractivity (Wildman–Crippen MR) is 73.0 cm³/mol. The normalized spacial score (nSPS) is 11.2. The number of aromatic nitrogens is 2. The highest BCUT2D eigenvalue weighted by Crippen LogP contribution is 2.09. The van der Waals surface area contributed by atoms with Crippen LogP contribution in [0.3, 0.4) is 0 Å². The van der Waals surface area contributed by atoms with Crippen molar-refractivity contribution in [1.82, 2.24) is 9.55 Å². The first-order valence-electron chi connectivity index (χ1n) is 6.47. The van der Waals surface area contributed by atoms with Crippen LogP contribution >= 0.6 is 0 Å². The quantitative estimate of drug-likeness (QED) is 0.685. The summed E-state index contributed by atoms with van der Waals surface area (Å²) >= 11 is 0. The van der Waals surface area contributed by atoms with E-state index in [-0.39, 0.29) is 0 Å². The molecule has 0 aromatic carbocycles. The molecule has 0 aliphatic rings. The van der Waals surface area contributed by atoms with Gasteiger partial charge in [0.15, 0.2) is 0 Å². The monoisotopic (exact) mass is 255 g/mol. The number of ether oxygens (including phenoxy) is 2. The average Bonchev–Trinajstić information content (AvgIpc) is 2.67. The molecule has 0 aliphatic heterocycles. The Morgan fingerprint density at radius 3 is 2.78 bits per heavy atom. The van der Waals surface area contributed by atoms with Crippen molar-refractivity contribution in [3.8, 4) is 0 Å². The lowest BCUT2D eigenvalue weighted by Crippen LogP contribution is -2.15. The first-order chi connectivity index (χ1) is 8.63. The van der Waals surface area contributed by atoms with E-state index in [0.717, 1.165) is 24.7 Å². The number of imidazole rings is 1. The van der Waals surface area contributed by atoms with Gasteiger partial charge in [0, 0.05) is 26.4 Å². The fourth-order valence-electron chi connectivity index (χ4n) is 1.56. The summed E-state index contributed by atoms with van der Waals surface area (Å²) in [7, 11) is 1.68. The van der Waals surface area contributed by atoms with Gasteiger partial charge in [0.2, 0.25) is 5.95 Å². The molecule has 0 fully saturated rings. The topological polar surface area (TPSA) is 48.3 Å². The Morgan fingerprint density at radius 2 is 2.11 bits per heavy atom. The number of hydrogen-bond donors (Lipinski definition) is 1. The zero-order valence-electron chi connectivity index (χ0n) is 11.9. The van der Waals surface area contributed by atoms with Crippen LogP contribution in [-0.2, 0) is 16.0 Å². The Kier molecular flexibility index (Phi) is 6.75. The molecule has 0 spiro atoms. The predicted octanol–water partition coefficient (Wildman–Crippen LogP) is 1.92. The first kappa shape index (κ1) is 15.0. The minimum atomic E-state index is 0.605. The molecule has 5 nitrogen and oxygen atoms in total. The number of rotatable bonds is 9. The Balaban J connectivity index is 2.38. The molecule has 0 bridgehead atoms. The van der Waals surface area contributed by atoms with Crippen LogP contribution in [0.4, 0.5) is 5.95 Å². The zero-order valence-corrected chi connectivity index (χ0v) is 11.9. The fraction of sp³-hybridized carbons (Fsp3) is 0.769. The summed E-state index contributed by atoms with van der Waals surface area (Å²) in [6.07, 6.45) is 2.04. The largest absolute Gasteiger partial charge is 0.382 e. The van der Waals surface area contributed by atoms with Crippen molar-refractivity contribution in [2.45, 2.75) is 27.3 Å². The number of nitrogens with zero attached hydrogens (tertiary/aromatic N) is 2. The number of anilines is 1. The number of aryl methyl sites for hydroxylation is 1. The van der Waals surface area contributed by atoms with Gasteiger partial charge in [0.05, 0.1) is 25.5 Å². The van der Waals surface area contributed by atoms with Crippen molar-refractivity contribution >= 4 is 5.95 Å². The molecule has 0 saturated heterocycles. The SMILES string of the molecule is COCCOCCn1cc(C)nc1NCC(C)C. The Bertz CT molecular complexity index is 337. The van der Waals surface area contributed by atoms with E-state index in [1.165, 1.54) is 0 Å². The molecule has 1 N–H and O–H groups in total. The molecule has 0 unspecified atom stereocenters. The Hall–Kier alpha value is -1.07. The smallest absolute Gasteiger partial charge is 0.203 e. The summed E-state index contributed by atoms with van der Waals surface area (Å²) in [5, 5.41) is 3.36. The van der Waals surface area contributed by atoms with E-state index in [2.05, 4.69) is 28.7 Å². The van der Waals surface area contributed by atoms with E-state index >= 15 is 0 Å². The van der Waals surface area contributed by atoms with Crippen LogP contribution in [0.1, 0.15) is 19.5 Å². The highest BCUT2D eigenvalue weighted by atomic mass is 16.5. The van der Waals surface area contributed by atoms with Gasteiger partial charge in [0.25, 0.3) is 0 Å². The van der Waals surface area contributed by atoms with Gasteiger partial charge in [0.1, 0.15) is 0 Å². The van der Waals surface area contributed by atoms with Crippen molar-refractivity contribution in [1.29, 1.82) is 0 Å². The second-order valence-corrected chi connectivity index (χ2v) is 4.78. The molecular weight excluding hydrogens is 230 g/mol. The van der Waals surface area contributed by atoms with Crippen LogP contribution in [0.5, 0.6) is 0 Å². The third kappa shape index (κ3) is 5.51. The molecule has 0 atom stereocenters. The standard InChI is InChI=1S/C13H25N3O2/c1-11(2)9-14-13-15-12(3)10-16(13)5-6-18-8-7-17-4/h10-11H,5-9H2,1-4H3,(H,14,15). The maximum Gasteiger partial charge on any atom is 0.203 e. The molecule has 1 heterocycles. The van der Waals surface area contributed by atoms with Gasteiger partial charge in [-0.2, -0.15) is 0 Å². The van der Waals surface area contributed by atoms with Gasteiger partial charge in [-0.15, -0.1) is 0 Å². The van der Waals surface area contributed by atoms with E-state index in [1.54, 1.807) is 7.11 Å². The van der Waals surface area contributed by atoms with Gasteiger partial charge in [-0.1, -0.05) is 13.8 Å². The van der Waals surface area contributed by atoms with E-state index in [4.69, 9.17) is 9.47 Å². The van der Waals surface area contributed by atoms with Crippen LogP contribution in [0, 0.1) is 12.8 Å². The van der Waals surface area contributed by atoms with E-state index < -0.39 is 0 Å². The highest BCUT2D eigenvalue weighted by Gasteiger charge is 2.05. The molecule has 0 amide bonds. The van der Waals surface area contributed by atoms with E-state index in [9.17, 15) is 0 Å². The summed E-state index contributed by atoms with van der Waals surface area (Å²) in [6, 6.07) is 0. The second-order valence-electron chi connectivity index (χ2n) is 4.78. The summed E-state index contributed by atoms with van der Waals surface area (Å²) in [4.78, 5) is 4.47. The van der Waals surface area contributed by atoms with Crippen molar-refractivity contribution in [2.75, 3.05) is 38.8 Å². The Morgan fingerprint density at radius 1 is 1.33 bits per heavy atom. The minimum Gasteiger partial charge on any atom is -0.382 e. The molecule has 0 radical (unpaired) electrons. The molecule has 1 aromatic heterocycles. The molecular formula is C13H25N3O2. The lowest BCUT2D eigenvalue weighted by molar-refractivity contribution is 0.0668. The molecule has 5 heteroatoms. The van der Waals surface area contributed by atoms with Gasteiger partial charge >= 0.3 is 0 Å². The van der Waals surface area contributed by atoms with Crippen molar-refractivity contribution in [3.05, 3.63) is 11.9 Å². The van der Waals surface area contributed by atoms with Gasteiger partial charge in [-0.25, -0.2) is 4.98 Å². The summed E-state index contributed by atoms with van der Waals surface area (Å²) in [6.45, 7) is 10.1. The van der Waals surface area contributed by atoms with Crippen LogP contribution in [0.2, 0.25) is 0 Å². The van der Waals surface area contributed by atoms with Gasteiger partial charge < -0.3 is 19.4 Å². The molecule has 1 rings (SSSR count). The summed E-state index contributed by atoms with van der Waals surface area (Å²) < 4.78 is 12.5. The number of nitrogens with one attached hydrogen (secondary N) is 1. The van der Waals surface area contributed by atoms with Crippen LogP contribution in [0.15, 0.2) is 6.20 Å². The average molecular weight is 255 g/mol. The minimum absolute atomic E-state index is 0.605. The molecule has 0 saturated carbocycles. The number of methoxy groups -OCH3 is 1. The molecule has 1 aromatic rings. The lowest BCUT2D eigenvalue weighted by Gasteiger charge is -2.11. The van der Waals surface area contributed by atoms with Crippen LogP contribution < -0.4 is 5.32 Å². The summed E-state index contributed by atoms with van der Waals surface area (Å²) in [5.74, 6) is 1.53. The Labute approximate surface area is 109 Å². The molecule has 0 aliphatic carbocycles. The molecule has 18 heavy (non-hydrogen) atoms. The van der Waals surface area contributed by atoms with Crippen molar-refractivity contribution in [3.63, 3.8) is 0 Å². The first-order valence-corrected chi connectivity index (χ1v) is 6.47. The van der Waals surface area contributed by atoms with E-state index in [0.29, 0.717) is 25.7 Å². The zero-order chi connectivity index (χ0) is 13.4. The van der Waals surface area contributed by atoms with Gasteiger partial charge in [-0.3, -0.25) is 0 Å². The lowest BCUT2D eigenvalue weighted by atomic mass is 10.2. The fourth-order valence-corrected chi connectivity index (χ4v) is 1.56. The molecule has 104 valence electrons. The summed E-state index contributed by atoms with van der Waals surface area (Å²) in [5.41, 5.74) is 1.03. The maximum absolute atomic E-state index is 5.47. The number of hydrogen-bond acceptors (Lipinski definition) is 4. The maximum atomic E-state index is 5.47. The third-order valence-corrected chi connectivity index (χ3v) is 2.47.